The van der Waals surface area contributed by atoms with Crippen molar-refractivity contribution in [2.24, 2.45) is 0 Å². The fourth-order valence-electron chi connectivity index (χ4n) is 2.58. The number of esters is 1. The molecule has 5 nitrogen and oxygen atoms in total. The van der Waals surface area contributed by atoms with Crippen LogP contribution in [-0.2, 0) is 9.53 Å². The molecular formula is C18H26N2O3S. The third kappa shape index (κ3) is 5.16. The molecule has 132 valence electrons. The molecule has 0 radical (unpaired) electrons. The van der Waals surface area contributed by atoms with Crippen LogP contribution in [-0.4, -0.2) is 42.6 Å². The van der Waals surface area contributed by atoms with Crippen LogP contribution >= 0.6 is 11.8 Å². The van der Waals surface area contributed by atoms with Crippen molar-refractivity contribution in [1.82, 2.24) is 0 Å². The van der Waals surface area contributed by atoms with Gasteiger partial charge in [0.15, 0.2) is 0 Å². The molecule has 1 aliphatic heterocycles. The van der Waals surface area contributed by atoms with E-state index in [0.29, 0.717) is 17.0 Å². The van der Waals surface area contributed by atoms with Crippen molar-refractivity contribution in [2.75, 3.05) is 36.2 Å². The molecule has 1 amide bonds. The van der Waals surface area contributed by atoms with E-state index in [1.807, 2.05) is 6.07 Å². The molecule has 0 saturated carbocycles. The zero-order chi connectivity index (χ0) is 17.7. The Hall–Kier alpha value is -1.69. The highest BCUT2D eigenvalue weighted by atomic mass is 32.2. The van der Waals surface area contributed by atoms with Crippen LogP contribution in [0.5, 0.6) is 0 Å². The molecule has 1 N–H and O–H groups in total. The largest absolute Gasteiger partial charge is 0.465 e. The van der Waals surface area contributed by atoms with Crippen LogP contribution in [0.3, 0.4) is 0 Å². The Balaban J connectivity index is 2.20. The van der Waals surface area contributed by atoms with Crippen LogP contribution in [0.1, 0.15) is 44.0 Å². The van der Waals surface area contributed by atoms with E-state index < -0.39 is 5.97 Å². The third-order valence-electron chi connectivity index (χ3n) is 3.77. The predicted molar refractivity (Wildman–Crippen MR) is 100 cm³/mol. The third-order valence-corrected chi connectivity index (χ3v) is 5.05. The molecule has 1 fully saturated rings. The lowest BCUT2D eigenvalue weighted by atomic mass is 10.1. The minimum absolute atomic E-state index is 0.0307. The van der Waals surface area contributed by atoms with Crippen molar-refractivity contribution in [3.8, 4) is 0 Å². The van der Waals surface area contributed by atoms with Crippen molar-refractivity contribution in [3.05, 3.63) is 23.8 Å². The second-order valence-electron chi connectivity index (χ2n) is 6.87. The molecular weight excluding hydrogens is 324 g/mol. The van der Waals surface area contributed by atoms with Crippen molar-refractivity contribution in [3.63, 3.8) is 0 Å². The lowest BCUT2D eigenvalue weighted by molar-refractivity contribution is -0.113. The lowest BCUT2D eigenvalue weighted by Gasteiger charge is -2.23. The van der Waals surface area contributed by atoms with Crippen LogP contribution in [0.2, 0.25) is 0 Å². The highest BCUT2D eigenvalue weighted by Crippen LogP contribution is 2.31. The van der Waals surface area contributed by atoms with Crippen molar-refractivity contribution >= 4 is 35.0 Å². The molecule has 1 aromatic carbocycles. The maximum absolute atomic E-state index is 12.3. The number of hydrogen-bond donors (Lipinski definition) is 1. The number of benzene rings is 1. The summed E-state index contributed by atoms with van der Waals surface area (Å²) in [5.74, 6) is -0.0781. The highest BCUT2D eigenvalue weighted by molar-refractivity contribution is 8.01. The molecule has 0 unspecified atom stereocenters. The Kier molecular flexibility index (Phi) is 6.15. The van der Waals surface area contributed by atoms with Gasteiger partial charge in [-0.15, -0.1) is 11.8 Å². The van der Waals surface area contributed by atoms with Gasteiger partial charge in [-0.2, -0.15) is 0 Å². The van der Waals surface area contributed by atoms with Crippen LogP contribution in [0, 0.1) is 0 Å². The molecule has 1 saturated heterocycles. The quantitative estimate of drug-likeness (QED) is 0.823. The van der Waals surface area contributed by atoms with E-state index in [1.54, 1.807) is 23.9 Å². The fraction of sp³-hybridized carbons (Fsp3) is 0.556. The van der Waals surface area contributed by atoms with E-state index in [4.69, 9.17) is 4.74 Å². The van der Waals surface area contributed by atoms with Crippen molar-refractivity contribution < 1.29 is 14.3 Å². The van der Waals surface area contributed by atoms with Crippen LogP contribution in [0.4, 0.5) is 11.4 Å². The molecule has 1 aromatic rings. The number of thioether (sulfide) groups is 1. The van der Waals surface area contributed by atoms with Gasteiger partial charge in [0, 0.05) is 17.8 Å². The van der Waals surface area contributed by atoms with Gasteiger partial charge in [0.2, 0.25) is 5.91 Å². The molecule has 24 heavy (non-hydrogen) atoms. The monoisotopic (exact) mass is 350 g/mol. The summed E-state index contributed by atoms with van der Waals surface area (Å²) in [6.45, 7) is 8.18. The number of nitrogens with one attached hydrogen (secondary N) is 1. The molecule has 6 heteroatoms. The Labute approximate surface area is 148 Å². The van der Waals surface area contributed by atoms with Crippen LogP contribution < -0.4 is 10.2 Å². The maximum Gasteiger partial charge on any atom is 0.337 e. The number of hydrogen-bond acceptors (Lipinski definition) is 5. The van der Waals surface area contributed by atoms with Gasteiger partial charge in [-0.05, 0) is 31.0 Å². The number of anilines is 2. The summed E-state index contributed by atoms with van der Waals surface area (Å²) in [5.41, 5.74) is 2.09. The second kappa shape index (κ2) is 7.92. The first-order valence-electron chi connectivity index (χ1n) is 8.21. The first-order chi connectivity index (χ1) is 11.3. The number of amides is 1. The number of nitrogens with zero attached hydrogens (tertiary/aromatic N) is 1. The second-order valence-corrected chi connectivity index (χ2v) is 8.67. The fourth-order valence-corrected chi connectivity index (χ4v) is 3.22. The highest BCUT2D eigenvalue weighted by Gasteiger charge is 2.20. The predicted octanol–water partition coefficient (Wildman–Crippen LogP) is 3.54. The van der Waals surface area contributed by atoms with Crippen molar-refractivity contribution in [1.29, 1.82) is 0 Å². The van der Waals surface area contributed by atoms with Gasteiger partial charge in [0.05, 0.1) is 29.8 Å². The van der Waals surface area contributed by atoms with Gasteiger partial charge in [0.25, 0.3) is 0 Å². The molecule has 0 aromatic heterocycles. The van der Waals surface area contributed by atoms with Crippen LogP contribution in [0.25, 0.3) is 0 Å². The Morgan fingerprint density at radius 1 is 1.25 bits per heavy atom. The Morgan fingerprint density at radius 2 is 1.92 bits per heavy atom. The number of ether oxygens (including phenoxy) is 1. The molecule has 2 rings (SSSR count). The normalized spacial score (nSPS) is 14.6. The number of rotatable bonds is 5. The zero-order valence-electron chi connectivity index (χ0n) is 14.8. The Bertz CT molecular complexity index is 605. The number of methoxy groups -OCH3 is 1. The van der Waals surface area contributed by atoms with E-state index in [0.717, 1.165) is 31.6 Å². The van der Waals surface area contributed by atoms with Crippen LogP contribution in [0.15, 0.2) is 18.2 Å². The SMILES string of the molecule is COC(=O)c1ccc(N2CCCC2)c(NC(=O)CSC(C)(C)C)c1. The first kappa shape index (κ1) is 18.6. The van der Waals surface area contributed by atoms with Gasteiger partial charge in [-0.25, -0.2) is 4.79 Å². The molecule has 0 bridgehead atoms. The maximum atomic E-state index is 12.3. The molecule has 0 spiro atoms. The number of carbonyl (C=O) groups excluding carboxylic acids is 2. The average Bonchev–Trinajstić information content (AvgIpc) is 3.05. The minimum atomic E-state index is -0.400. The van der Waals surface area contributed by atoms with E-state index in [1.165, 1.54) is 7.11 Å². The smallest absolute Gasteiger partial charge is 0.337 e. The summed E-state index contributed by atoms with van der Waals surface area (Å²) < 4.78 is 4.82. The Morgan fingerprint density at radius 3 is 2.50 bits per heavy atom. The first-order valence-corrected chi connectivity index (χ1v) is 9.20. The van der Waals surface area contributed by atoms with Gasteiger partial charge in [0.1, 0.15) is 0 Å². The molecule has 1 aliphatic rings. The van der Waals surface area contributed by atoms with Crippen molar-refractivity contribution in [2.45, 2.75) is 38.4 Å². The summed E-state index contributed by atoms with van der Waals surface area (Å²) in [6.07, 6.45) is 2.29. The number of carbonyl (C=O) groups is 2. The minimum Gasteiger partial charge on any atom is -0.465 e. The summed E-state index contributed by atoms with van der Waals surface area (Å²) in [4.78, 5) is 26.3. The van der Waals surface area contributed by atoms with E-state index in [2.05, 4.69) is 31.0 Å². The van der Waals surface area contributed by atoms with E-state index in [-0.39, 0.29) is 10.7 Å². The summed E-state index contributed by atoms with van der Waals surface area (Å²) >= 11 is 1.60. The average molecular weight is 350 g/mol. The van der Waals surface area contributed by atoms with E-state index in [9.17, 15) is 9.59 Å². The summed E-state index contributed by atoms with van der Waals surface area (Å²) in [6, 6.07) is 5.35. The standard InChI is InChI=1S/C18H26N2O3S/c1-18(2,3)24-12-16(21)19-14-11-13(17(22)23-4)7-8-15(14)20-9-5-6-10-20/h7-8,11H,5-6,9-10,12H2,1-4H3,(H,19,21). The van der Waals surface area contributed by atoms with Gasteiger partial charge < -0.3 is 15.0 Å². The van der Waals surface area contributed by atoms with Gasteiger partial charge >= 0.3 is 5.97 Å². The van der Waals surface area contributed by atoms with Gasteiger partial charge in [-0.3, -0.25) is 4.79 Å². The topological polar surface area (TPSA) is 58.6 Å². The van der Waals surface area contributed by atoms with E-state index >= 15 is 0 Å². The molecule has 0 atom stereocenters. The molecule has 0 aliphatic carbocycles. The zero-order valence-corrected chi connectivity index (χ0v) is 15.7. The lowest BCUT2D eigenvalue weighted by Crippen LogP contribution is -2.23. The summed E-state index contributed by atoms with van der Waals surface area (Å²) in [5, 5.41) is 2.97. The van der Waals surface area contributed by atoms with Gasteiger partial charge in [-0.1, -0.05) is 20.8 Å². The molecule has 1 heterocycles. The summed E-state index contributed by atoms with van der Waals surface area (Å²) in [7, 11) is 1.36.